The Morgan fingerprint density at radius 2 is 0.625 bits per heavy atom. The zero-order valence-corrected chi connectivity index (χ0v) is 9.90. The van der Waals surface area contributed by atoms with E-state index < -0.39 is 0 Å². The maximum absolute atomic E-state index is 8.00. The topological polar surface area (TPSA) is 236 Å². The molecule has 6 N–H and O–H groups in total. The van der Waals surface area contributed by atoms with Crippen molar-refractivity contribution in [2.45, 2.75) is 0 Å². The van der Waals surface area contributed by atoms with Crippen molar-refractivity contribution in [3.63, 3.8) is 0 Å². The van der Waals surface area contributed by atoms with Gasteiger partial charge >= 0.3 is 0 Å². The van der Waals surface area contributed by atoms with Crippen LogP contribution in [0.5, 0.6) is 0 Å². The molecule has 1 radical (unpaired) electrons. The van der Waals surface area contributed by atoms with Gasteiger partial charge in [0.25, 0.3) is 0 Å². The Morgan fingerprint density at radius 1 is 0.625 bits per heavy atom. The predicted octanol–water partition coefficient (Wildman–Crippen LogP) is -0.526. The van der Waals surface area contributed by atoms with Crippen LogP contribution in [0.15, 0.2) is 16.0 Å². The first-order valence-electron chi connectivity index (χ1n) is 2.83. The maximum atomic E-state index is 8.00. The Balaban J connectivity index is -0.0000000122. The molecule has 0 saturated heterocycles. The van der Waals surface area contributed by atoms with Crippen LogP contribution in [0.4, 0.5) is 0 Å². The molecule has 0 fully saturated rings. The first-order valence-corrected chi connectivity index (χ1v) is 2.83. The van der Waals surface area contributed by atoms with Gasteiger partial charge in [-0.25, -0.2) is 0 Å². The molecule has 0 rings (SSSR count). The zero-order chi connectivity index (χ0) is 14.1. The van der Waals surface area contributed by atoms with E-state index in [1.54, 1.807) is 0 Å². The van der Waals surface area contributed by atoms with Crippen molar-refractivity contribution in [1.29, 1.82) is 0 Å². The number of hydrogen-bond acceptors (Lipinski definition) is 12. The van der Waals surface area contributed by atoms with Gasteiger partial charge in [-0.1, -0.05) is 0 Å². The average Bonchev–Trinajstić information content (AvgIpc) is 2.29. The van der Waals surface area contributed by atoms with E-state index in [1.807, 2.05) is 0 Å². The fraction of sp³-hybridized carbons (Fsp3) is 1.00. The molecule has 12 nitrogen and oxygen atoms in total. The van der Waals surface area contributed by atoms with Gasteiger partial charge in [0.1, 0.15) is 0 Å². The van der Waals surface area contributed by atoms with Gasteiger partial charge < -0.3 is 47.5 Å². The van der Waals surface area contributed by atoms with E-state index in [1.165, 1.54) is 21.1 Å². The fourth-order valence-corrected chi connectivity index (χ4v) is 0. The first-order chi connectivity index (χ1) is 7.24. The number of nitrogens with two attached hydrogens (primary N) is 3. The van der Waals surface area contributed by atoms with Crippen LogP contribution < -0.4 is 17.2 Å². The van der Waals surface area contributed by atoms with E-state index in [0.717, 1.165) is 16.0 Å². The molecule has 0 aromatic rings. The van der Waals surface area contributed by atoms with Crippen LogP contribution in [0.1, 0.15) is 0 Å². The molecule has 0 amide bonds. The second kappa shape index (κ2) is 855. The average molecular weight is 290 g/mol. The van der Waals surface area contributed by atoms with Crippen molar-refractivity contribution in [1.82, 2.24) is 0 Å². The van der Waals surface area contributed by atoms with Crippen molar-refractivity contribution in [3.05, 3.63) is 30.3 Å². The molecular weight excluding hydrogens is 275 g/mol. The molecule has 105 valence electrons. The van der Waals surface area contributed by atoms with E-state index >= 15 is 0 Å². The van der Waals surface area contributed by atoms with Gasteiger partial charge in [0.05, 0.1) is 0 Å². The van der Waals surface area contributed by atoms with Crippen molar-refractivity contribution in [2.75, 3.05) is 21.1 Å². The third kappa shape index (κ3) is 846. The minimum atomic E-state index is 0. The van der Waals surface area contributed by atoms with Crippen LogP contribution in [-0.2, 0) is 16.8 Å². The van der Waals surface area contributed by atoms with Crippen LogP contribution in [-0.4, -0.2) is 21.1 Å². The van der Waals surface area contributed by atoms with Crippen molar-refractivity contribution >= 4 is 0 Å². The van der Waals surface area contributed by atoms with Gasteiger partial charge in [-0.15, -0.1) is 16.0 Å². The van der Waals surface area contributed by atoms with Crippen LogP contribution in [0.2, 0.25) is 0 Å². The molecule has 0 aliphatic carbocycles. The zero-order valence-electron chi connectivity index (χ0n) is 8.86. The Morgan fingerprint density at radius 3 is 0.625 bits per heavy atom. The van der Waals surface area contributed by atoms with Crippen molar-refractivity contribution < 1.29 is 16.8 Å². The minimum Gasteiger partial charge on any atom is -0.444 e. The maximum Gasteiger partial charge on any atom is 0 e. The monoisotopic (exact) mass is 290 g/mol. The summed E-state index contributed by atoms with van der Waals surface area (Å²) in [5, 5.41) is 27.0. The van der Waals surface area contributed by atoms with E-state index in [2.05, 4.69) is 17.2 Å². The predicted molar refractivity (Wildman–Crippen MR) is 57.8 cm³/mol. The Kier molecular flexibility index (Phi) is 2500. The van der Waals surface area contributed by atoms with E-state index in [-0.39, 0.29) is 16.8 Å². The number of nitrogens with zero attached hydrogens (tertiary/aromatic N) is 3. The Bertz CT molecular complexity index is 65.0. The van der Waals surface area contributed by atoms with E-state index in [9.17, 15) is 0 Å². The van der Waals surface area contributed by atoms with Gasteiger partial charge in [-0.3, -0.25) is 0 Å². The normalized spacial score (nSPS) is 3.38. The fourth-order valence-electron chi connectivity index (χ4n) is 0. The summed E-state index contributed by atoms with van der Waals surface area (Å²) in [6.07, 6.45) is 0. The van der Waals surface area contributed by atoms with E-state index in [4.69, 9.17) is 30.3 Å². The largest absolute Gasteiger partial charge is 0.444 e. The third-order valence-corrected chi connectivity index (χ3v) is 0. The second-order valence-electron chi connectivity index (χ2n) is 0.224. The summed E-state index contributed by atoms with van der Waals surface area (Å²) in [6.45, 7) is 0. The molecule has 13 heteroatoms. The first kappa shape index (κ1) is 46.8. The molecule has 0 unspecified atom stereocenters. The van der Waals surface area contributed by atoms with Crippen molar-refractivity contribution in [3.8, 4) is 0 Å². The summed E-state index contributed by atoms with van der Waals surface area (Å²) in [5.74, 6) is 0. The van der Waals surface area contributed by atoms with Crippen LogP contribution in [0.3, 0.4) is 0 Å². The molecule has 0 aliphatic heterocycles. The molecule has 0 atom stereocenters. The summed E-state index contributed by atoms with van der Waals surface area (Å²) < 4.78 is 0. The van der Waals surface area contributed by atoms with E-state index in [0.29, 0.717) is 0 Å². The van der Waals surface area contributed by atoms with Gasteiger partial charge in [0, 0.05) is 16.8 Å². The summed E-state index contributed by atoms with van der Waals surface area (Å²) in [4.78, 5) is 24.0. The van der Waals surface area contributed by atoms with Gasteiger partial charge in [-0.2, -0.15) is 0 Å². The Hall–Kier alpha value is -1.41. The SMILES string of the molecule is CN.CN.CN.O=N[O-].O=N[O-].O=N[O-].[Co]. The smallest absolute Gasteiger partial charge is 0 e. The molecule has 0 aliphatic rings. The van der Waals surface area contributed by atoms with Crippen molar-refractivity contribution in [2.24, 2.45) is 33.2 Å². The molecule has 0 spiro atoms. The van der Waals surface area contributed by atoms with Crippen LogP contribution in [0, 0.1) is 30.3 Å². The molecule has 0 heterocycles. The number of rotatable bonds is 0. The van der Waals surface area contributed by atoms with Gasteiger partial charge in [0.15, 0.2) is 0 Å². The molecule has 0 aromatic carbocycles. The standard InChI is InChI=1S/3CH5N.Co.3HNO2/c3*1-2;;3*2-1-3/h3*2H2,1H3;;3*(H,2,3)/p-3. The summed E-state index contributed by atoms with van der Waals surface area (Å²) in [5.41, 5.74) is 13.5. The molecule has 0 bridgehead atoms. The van der Waals surface area contributed by atoms with Crippen LogP contribution >= 0.6 is 0 Å². The minimum absolute atomic E-state index is 0. The Labute approximate surface area is 102 Å². The molecular formula is C3H15CoN6O6-3. The van der Waals surface area contributed by atoms with Gasteiger partial charge in [-0.05, 0) is 21.1 Å². The third-order valence-electron chi connectivity index (χ3n) is 0. The summed E-state index contributed by atoms with van der Waals surface area (Å²) in [7, 11) is 4.50. The molecule has 0 saturated carbocycles. The number of hydrogen-bond donors (Lipinski definition) is 3. The summed E-state index contributed by atoms with van der Waals surface area (Å²) in [6, 6.07) is 0. The van der Waals surface area contributed by atoms with Crippen LogP contribution in [0.25, 0.3) is 0 Å². The molecule has 16 heavy (non-hydrogen) atoms. The molecule has 0 aromatic heterocycles. The second-order valence-corrected chi connectivity index (χ2v) is 0.224. The quantitative estimate of drug-likeness (QED) is 0.383. The van der Waals surface area contributed by atoms with Gasteiger partial charge in [0.2, 0.25) is 0 Å². The summed E-state index contributed by atoms with van der Waals surface area (Å²) >= 11 is 0.